The van der Waals surface area contributed by atoms with Crippen LogP contribution >= 0.6 is 11.6 Å². The standard InChI is InChI=1S/C21H25ClF2N2O3/c1-13-10-20(28,5-6-21(13,23)24)12-25-19(27)15-9-17(14-4-8-29-11-14)26-7-2-3-16(22)18(15)26/h2-3,7,9,13-14,28H,4-6,8,10-12H2,1H3,(H,25,27). The predicted octanol–water partition coefficient (Wildman–Crippen LogP) is 4.01. The fourth-order valence-corrected chi connectivity index (χ4v) is 4.73. The number of alkyl halides is 2. The molecule has 2 aromatic rings. The Hall–Kier alpha value is -1.70. The first-order valence-electron chi connectivity index (χ1n) is 9.96. The van der Waals surface area contributed by atoms with E-state index in [1.807, 2.05) is 22.7 Å². The average molecular weight is 427 g/mol. The number of hydrogen-bond donors (Lipinski definition) is 2. The van der Waals surface area contributed by atoms with Crippen LogP contribution in [0.4, 0.5) is 8.78 Å². The highest BCUT2D eigenvalue weighted by atomic mass is 35.5. The molecule has 1 aliphatic heterocycles. The maximum absolute atomic E-state index is 13.7. The van der Waals surface area contributed by atoms with E-state index in [9.17, 15) is 18.7 Å². The Morgan fingerprint density at radius 1 is 1.45 bits per heavy atom. The zero-order valence-corrected chi connectivity index (χ0v) is 17.0. The van der Waals surface area contributed by atoms with Gasteiger partial charge in [0.1, 0.15) is 0 Å². The molecule has 158 valence electrons. The van der Waals surface area contributed by atoms with E-state index in [1.54, 1.807) is 6.07 Å². The zero-order valence-electron chi connectivity index (χ0n) is 16.3. The number of carbonyl (C=O) groups excluding carboxylic acids is 1. The summed E-state index contributed by atoms with van der Waals surface area (Å²) in [5.74, 6) is -3.91. The number of nitrogens with zero attached hydrogens (tertiary/aromatic N) is 1. The smallest absolute Gasteiger partial charge is 0.253 e. The molecule has 1 amide bonds. The van der Waals surface area contributed by atoms with Crippen molar-refractivity contribution < 1.29 is 23.4 Å². The minimum atomic E-state index is -2.78. The molecule has 0 aromatic carbocycles. The molecule has 0 spiro atoms. The lowest BCUT2D eigenvalue weighted by molar-refractivity contribution is -0.138. The monoisotopic (exact) mass is 426 g/mol. The van der Waals surface area contributed by atoms with E-state index < -0.39 is 17.4 Å². The second kappa shape index (κ2) is 7.52. The molecule has 5 nitrogen and oxygen atoms in total. The molecule has 2 aliphatic rings. The summed E-state index contributed by atoms with van der Waals surface area (Å²) >= 11 is 6.39. The summed E-state index contributed by atoms with van der Waals surface area (Å²) in [6.45, 7) is 2.63. The lowest BCUT2D eigenvalue weighted by Gasteiger charge is -2.40. The van der Waals surface area contributed by atoms with Gasteiger partial charge in [-0.25, -0.2) is 8.78 Å². The quantitative estimate of drug-likeness (QED) is 0.776. The molecule has 0 radical (unpaired) electrons. The summed E-state index contributed by atoms with van der Waals surface area (Å²) in [6, 6.07) is 5.36. The summed E-state index contributed by atoms with van der Waals surface area (Å²) in [6.07, 6.45) is 2.25. The number of halogens is 3. The van der Waals surface area contributed by atoms with Crippen LogP contribution in [0.1, 0.15) is 54.6 Å². The van der Waals surface area contributed by atoms with Crippen molar-refractivity contribution in [1.29, 1.82) is 0 Å². The maximum Gasteiger partial charge on any atom is 0.253 e. The number of rotatable bonds is 4. The van der Waals surface area contributed by atoms with E-state index >= 15 is 0 Å². The minimum Gasteiger partial charge on any atom is -0.388 e. The van der Waals surface area contributed by atoms with Gasteiger partial charge in [-0.15, -0.1) is 0 Å². The molecule has 1 aliphatic carbocycles. The normalized spacial score (nSPS) is 29.3. The maximum atomic E-state index is 13.7. The topological polar surface area (TPSA) is 63.0 Å². The van der Waals surface area contributed by atoms with Crippen LogP contribution in [0, 0.1) is 5.92 Å². The number of amides is 1. The first-order chi connectivity index (χ1) is 13.7. The Morgan fingerprint density at radius 3 is 2.93 bits per heavy atom. The zero-order chi connectivity index (χ0) is 20.8. The second-order valence-electron chi connectivity index (χ2n) is 8.39. The van der Waals surface area contributed by atoms with Crippen molar-refractivity contribution in [3.63, 3.8) is 0 Å². The Bertz CT molecular complexity index is 926. The van der Waals surface area contributed by atoms with Gasteiger partial charge in [-0.3, -0.25) is 4.79 Å². The highest BCUT2D eigenvalue weighted by Crippen LogP contribution is 2.42. The first-order valence-corrected chi connectivity index (χ1v) is 10.3. The lowest BCUT2D eigenvalue weighted by atomic mass is 9.76. The molecule has 2 N–H and O–H groups in total. The van der Waals surface area contributed by atoms with E-state index in [0.29, 0.717) is 29.3 Å². The third kappa shape index (κ3) is 3.88. The van der Waals surface area contributed by atoms with Crippen LogP contribution in [-0.2, 0) is 4.74 Å². The number of ether oxygens (including phenoxy) is 1. The van der Waals surface area contributed by atoms with Gasteiger partial charge in [-0.2, -0.15) is 0 Å². The van der Waals surface area contributed by atoms with E-state index in [0.717, 1.165) is 12.1 Å². The van der Waals surface area contributed by atoms with Gasteiger partial charge in [0.2, 0.25) is 0 Å². The summed E-state index contributed by atoms with van der Waals surface area (Å²) in [5.41, 5.74) is 0.632. The second-order valence-corrected chi connectivity index (χ2v) is 8.80. The van der Waals surface area contributed by atoms with Gasteiger partial charge in [0, 0.05) is 43.3 Å². The van der Waals surface area contributed by atoms with Crippen molar-refractivity contribution in [2.75, 3.05) is 19.8 Å². The third-order valence-electron chi connectivity index (χ3n) is 6.27. The van der Waals surface area contributed by atoms with Crippen LogP contribution in [0.15, 0.2) is 24.4 Å². The highest BCUT2D eigenvalue weighted by Gasteiger charge is 2.47. The van der Waals surface area contributed by atoms with Gasteiger partial charge in [0.25, 0.3) is 11.8 Å². The summed E-state index contributed by atoms with van der Waals surface area (Å²) < 4.78 is 34.9. The van der Waals surface area contributed by atoms with Gasteiger partial charge in [0.15, 0.2) is 0 Å². The Morgan fingerprint density at radius 2 is 2.24 bits per heavy atom. The van der Waals surface area contributed by atoms with Gasteiger partial charge in [-0.05, 0) is 37.5 Å². The number of nitrogens with one attached hydrogen (secondary N) is 1. The molecular weight excluding hydrogens is 402 g/mol. The number of hydrogen-bond acceptors (Lipinski definition) is 3. The molecule has 1 saturated carbocycles. The minimum absolute atomic E-state index is 0.0491. The molecule has 0 bridgehead atoms. The molecule has 8 heteroatoms. The molecule has 2 fully saturated rings. The van der Waals surface area contributed by atoms with Crippen LogP contribution in [0.2, 0.25) is 5.02 Å². The number of pyridine rings is 1. The van der Waals surface area contributed by atoms with Crippen LogP contribution in [-0.4, -0.2) is 46.7 Å². The fraction of sp³-hybridized carbons (Fsp3) is 0.571. The highest BCUT2D eigenvalue weighted by molar-refractivity contribution is 6.34. The van der Waals surface area contributed by atoms with Crippen LogP contribution in [0.3, 0.4) is 0 Å². The van der Waals surface area contributed by atoms with Crippen LogP contribution in [0.25, 0.3) is 5.52 Å². The molecule has 1 saturated heterocycles. The number of aromatic nitrogens is 1. The average Bonchev–Trinajstić information content (AvgIpc) is 3.32. The van der Waals surface area contributed by atoms with Crippen molar-refractivity contribution in [2.45, 2.75) is 50.0 Å². The molecule has 4 rings (SSSR count). The van der Waals surface area contributed by atoms with E-state index in [-0.39, 0.29) is 37.6 Å². The van der Waals surface area contributed by atoms with Crippen molar-refractivity contribution in [3.05, 3.63) is 40.7 Å². The molecule has 2 aromatic heterocycles. The van der Waals surface area contributed by atoms with Crippen molar-refractivity contribution in [2.24, 2.45) is 5.92 Å². The van der Waals surface area contributed by atoms with Gasteiger partial charge >= 0.3 is 0 Å². The van der Waals surface area contributed by atoms with Crippen molar-refractivity contribution in [3.8, 4) is 0 Å². The molecule has 29 heavy (non-hydrogen) atoms. The number of fused-ring (bicyclic) bond motifs is 1. The fourth-order valence-electron chi connectivity index (χ4n) is 4.46. The molecule has 3 heterocycles. The van der Waals surface area contributed by atoms with E-state index in [1.165, 1.54) is 6.92 Å². The number of carbonyl (C=O) groups is 1. The predicted molar refractivity (Wildman–Crippen MR) is 106 cm³/mol. The van der Waals surface area contributed by atoms with Crippen LogP contribution < -0.4 is 5.32 Å². The van der Waals surface area contributed by atoms with Crippen molar-refractivity contribution in [1.82, 2.24) is 9.72 Å². The van der Waals surface area contributed by atoms with E-state index in [2.05, 4.69) is 5.32 Å². The largest absolute Gasteiger partial charge is 0.388 e. The molecule has 3 unspecified atom stereocenters. The molecular formula is C21H25ClF2N2O3. The Kier molecular flexibility index (Phi) is 5.34. The Labute approximate surface area is 173 Å². The Balaban J connectivity index is 1.56. The van der Waals surface area contributed by atoms with E-state index in [4.69, 9.17) is 16.3 Å². The molecule has 3 atom stereocenters. The third-order valence-corrected chi connectivity index (χ3v) is 6.58. The number of aliphatic hydroxyl groups is 1. The van der Waals surface area contributed by atoms with Crippen LogP contribution in [0.5, 0.6) is 0 Å². The van der Waals surface area contributed by atoms with Crippen molar-refractivity contribution >= 4 is 23.0 Å². The van der Waals surface area contributed by atoms with Gasteiger partial charge in [0.05, 0.1) is 28.3 Å². The van der Waals surface area contributed by atoms with Gasteiger partial charge < -0.3 is 19.6 Å². The lowest BCUT2D eigenvalue weighted by Crippen LogP contribution is -2.50. The summed E-state index contributed by atoms with van der Waals surface area (Å²) in [5, 5.41) is 13.9. The summed E-state index contributed by atoms with van der Waals surface area (Å²) in [7, 11) is 0. The first kappa shape index (κ1) is 20.6. The van der Waals surface area contributed by atoms with Gasteiger partial charge in [-0.1, -0.05) is 18.5 Å². The SMILES string of the molecule is CC1CC(O)(CNC(=O)c2cc(C3CCOC3)n3cccc(Cl)c23)CCC1(F)F. The summed E-state index contributed by atoms with van der Waals surface area (Å²) in [4.78, 5) is 13.0.